The fourth-order valence-electron chi connectivity index (χ4n) is 2.26. The highest BCUT2D eigenvalue weighted by molar-refractivity contribution is 5.85. The first kappa shape index (κ1) is 12.6. The molecule has 0 radical (unpaired) electrons. The zero-order valence-corrected chi connectivity index (χ0v) is 10.2. The average Bonchev–Trinajstić information content (AvgIpc) is 2.75. The first-order chi connectivity index (χ1) is 7.62. The van der Waals surface area contributed by atoms with Crippen molar-refractivity contribution in [2.24, 2.45) is 0 Å². The van der Waals surface area contributed by atoms with Gasteiger partial charge in [0.05, 0.1) is 12.0 Å². The van der Waals surface area contributed by atoms with Gasteiger partial charge < -0.3 is 10.1 Å². The topological polar surface area (TPSA) is 21.3 Å². The molecule has 1 heterocycles. The molecule has 1 aromatic carbocycles. The highest BCUT2D eigenvalue weighted by Gasteiger charge is 2.57. The molecule has 94 valence electrons. The van der Waals surface area contributed by atoms with Crippen LogP contribution in [-0.4, -0.2) is 19.6 Å². The number of nitrogens with one attached hydrogen (secondary N) is 1. The Bertz CT molecular complexity index is 439. The maximum atomic E-state index is 12.9. The van der Waals surface area contributed by atoms with Crippen molar-refractivity contribution < 1.29 is 13.5 Å². The largest absolute Gasteiger partial charge is 0.491 e. The summed E-state index contributed by atoms with van der Waals surface area (Å²) >= 11 is 0. The van der Waals surface area contributed by atoms with E-state index in [0.717, 1.165) is 11.3 Å². The molecule has 1 aliphatic heterocycles. The van der Waals surface area contributed by atoms with Gasteiger partial charge in [-0.2, -0.15) is 0 Å². The van der Waals surface area contributed by atoms with Gasteiger partial charge in [-0.25, -0.2) is 8.78 Å². The number of ether oxygens (including phenoxy) is 1. The minimum absolute atomic E-state index is 0. The van der Waals surface area contributed by atoms with Gasteiger partial charge in [0.25, 0.3) is 5.92 Å². The van der Waals surface area contributed by atoms with Gasteiger partial charge in [0.15, 0.2) is 0 Å². The van der Waals surface area contributed by atoms with Crippen molar-refractivity contribution in [3.05, 3.63) is 29.3 Å². The number of fused-ring (bicyclic) bond motifs is 1. The van der Waals surface area contributed by atoms with E-state index in [1.165, 1.54) is 0 Å². The quantitative estimate of drug-likeness (QED) is 0.884. The number of alkyl halides is 2. The van der Waals surface area contributed by atoms with Gasteiger partial charge in [-0.15, -0.1) is 12.4 Å². The minimum atomic E-state index is -2.50. The van der Waals surface area contributed by atoms with Crippen molar-refractivity contribution >= 4 is 12.4 Å². The molecule has 1 unspecified atom stereocenters. The third-order valence-electron chi connectivity index (χ3n) is 3.40. The second-order valence-corrected chi connectivity index (χ2v) is 4.47. The Labute approximate surface area is 105 Å². The number of benzene rings is 1. The fourth-order valence-corrected chi connectivity index (χ4v) is 2.26. The SMILES string of the molecule is CN[C@@H]1COc2cc(C3CC3(F)F)ccc21.Cl. The molecule has 0 spiro atoms. The van der Waals surface area contributed by atoms with Crippen LogP contribution in [0.5, 0.6) is 5.75 Å². The fraction of sp³-hybridized carbons (Fsp3) is 0.500. The lowest BCUT2D eigenvalue weighted by Crippen LogP contribution is -2.17. The van der Waals surface area contributed by atoms with E-state index < -0.39 is 11.8 Å². The summed E-state index contributed by atoms with van der Waals surface area (Å²) in [5.74, 6) is -2.36. The maximum Gasteiger partial charge on any atom is 0.255 e. The molecule has 0 amide bonds. The smallest absolute Gasteiger partial charge is 0.255 e. The molecule has 1 saturated carbocycles. The van der Waals surface area contributed by atoms with Crippen LogP contribution >= 0.6 is 12.4 Å². The Hall–Kier alpha value is -0.870. The molecule has 1 aliphatic carbocycles. The number of likely N-dealkylation sites (N-methyl/N-ethyl adjacent to an activating group) is 1. The summed E-state index contributed by atoms with van der Waals surface area (Å²) < 4.78 is 31.3. The Morgan fingerprint density at radius 3 is 2.71 bits per heavy atom. The van der Waals surface area contributed by atoms with Crippen LogP contribution in [0.25, 0.3) is 0 Å². The van der Waals surface area contributed by atoms with E-state index in [-0.39, 0.29) is 24.9 Å². The number of halogens is 3. The molecule has 2 nitrogen and oxygen atoms in total. The molecule has 0 aromatic heterocycles. The van der Waals surface area contributed by atoms with Crippen LogP contribution in [0.4, 0.5) is 8.78 Å². The number of hydrogen-bond donors (Lipinski definition) is 1. The van der Waals surface area contributed by atoms with E-state index in [0.29, 0.717) is 12.2 Å². The first-order valence-corrected chi connectivity index (χ1v) is 5.43. The summed E-state index contributed by atoms with van der Waals surface area (Å²) in [6.07, 6.45) is -0.0265. The lowest BCUT2D eigenvalue weighted by Gasteiger charge is -2.06. The molecule has 0 bridgehead atoms. The minimum Gasteiger partial charge on any atom is -0.491 e. The number of rotatable bonds is 2. The van der Waals surface area contributed by atoms with E-state index in [9.17, 15) is 8.78 Å². The zero-order chi connectivity index (χ0) is 11.3. The molecular weight excluding hydrogens is 248 g/mol. The molecule has 1 fully saturated rings. The highest BCUT2D eigenvalue weighted by atomic mass is 35.5. The van der Waals surface area contributed by atoms with Gasteiger partial charge in [0, 0.05) is 12.0 Å². The molecule has 17 heavy (non-hydrogen) atoms. The molecule has 0 saturated heterocycles. The zero-order valence-electron chi connectivity index (χ0n) is 9.37. The van der Waals surface area contributed by atoms with Crippen LogP contribution in [0.3, 0.4) is 0 Å². The lowest BCUT2D eigenvalue weighted by atomic mass is 10.0. The predicted octanol–water partition coefficient (Wildman–Crippen LogP) is 2.88. The third-order valence-corrected chi connectivity index (χ3v) is 3.40. The summed E-state index contributed by atoms with van der Waals surface area (Å²) in [6, 6.07) is 5.64. The van der Waals surface area contributed by atoms with Gasteiger partial charge in [0.1, 0.15) is 12.4 Å². The van der Waals surface area contributed by atoms with E-state index in [1.54, 1.807) is 12.1 Å². The van der Waals surface area contributed by atoms with Crippen LogP contribution in [0.2, 0.25) is 0 Å². The second kappa shape index (κ2) is 4.10. The van der Waals surface area contributed by atoms with Gasteiger partial charge >= 0.3 is 0 Å². The summed E-state index contributed by atoms with van der Waals surface area (Å²) in [5.41, 5.74) is 1.76. The molecular formula is C12H14ClF2NO. The predicted molar refractivity (Wildman–Crippen MR) is 63.3 cm³/mol. The molecule has 3 rings (SSSR count). The summed E-state index contributed by atoms with van der Waals surface area (Å²) in [6.45, 7) is 0.580. The normalized spacial score (nSPS) is 27.9. The van der Waals surface area contributed by atoms with Crippen molar-refractivity contribution in [3.63, 3.8) is 0 Å². The average molecular weight is 262 g/mol. The Balaban J connectivity index is 0.00000108. The standard InChI is InChI=1S/C12H13F2NO.ClH/c1-15-10-6-16-11-4-7(2-3-8(10)11)9-5-12(9,13)14;/h2-4,9-10,15H,5-6H2,1H3;1H/t9?,10-;/m1./s1. The van der Waals surface area contributed by atoms with Crippen LogP contribution in [0.1, 0.15) is 29.5 Å². The van der Waals surface area contributed by atoms with Crippen molar-refractivity contribution in [1.29, 1.82) is 0 Å². The molecule has 2 atom stereocenters. The van der Waals surface area contributed by atoms with Crippen molar-refractivity contribution in [2.75, 3.05) is 13.7 Å². The lowest BCUT2D eigenvalue weighted by molar-refractivity contribution is 0.112. The molecule has 2 aliphatic rings. The third kappa shape index (κ3) is 2.00. The maximum absolute atomic E-state index is 12.9. The first-order valence-electron chi connectivity index (χ1n) is 5.43. The molecule has 5 heteroatoms. The van der Waals surface area contributed by atoms with E-state index in [4.69, 9.17) is 4.74 Å². The van der Waals surface area contributed by atoms with Crippen LogP contribution in [0.15, 0.2) is 18.2 Å². The number of hydrogen-bond acceptors (Lipinski definition) is 2. The van der Waals surface area contributed by atoms with Crippen molar-refractivity contribution in [1.82, 2.24) is 5.32 Å². The van der Waals surface area contributed by atoms with E-state index in [1.807, 2.05) is 13.1 Å². The van der Waals surface area contributed by atoms with Gasteiger partial charge in [-0.05, 0) is 18.7 Å². The van der Waals surface area contributed by atoms with Crippen LogP contribution < -0.4 is 10.1 Å². The van der Waals surface area contributed by atoms with Crippen molar-refractivity contribution in [2.45, 2.75) is 24.3 Å². The summed E-state index contributed by atoms with van der Waals surface area (Å²) in [5, 5.41) is 3.13. The Morgan fingerprint density at radius 1 is 1.41 bits per heavy atom. The summed E-state index contributed by atoms with van der Waals surface area (Å²) in [4.78, 5) is 0. The van der Waals surface area contributed by atoms with Crippen LogP contribution in [0, 0.1) is 0 Å². The highest BCUT2D eigenvalue weighted by Crippen LogP contribution is 2.56. The van der Waals surface area contributed by atoms with Gasteiger partial charge in [-0.1, -0.05) is 12.1 Å². The second-order valence-electron chi connectivity index (χ2n) is 4.47. The molecule has 1 N–H and O–H groups in total. The molecule has 1 aromatic rings. The monoisotopic (exact) mass is 261 g/mol. The van der Waals surface area contributed by atoms with Crippen LogP contribution in [-0.2, 0) is 0 Å². The summed E-state index contributed by atoms with van der Waals surface area (Å²) in [7, 11) is 1.87. The Kier molecular flexibility index (Phi) is 3.04. The van der Waals surface area contributed by atoms with Gasteiger partial charge in [0.2, 0.25) is 0 Å². The van der Waals surface area contributed by atoms with Gasteiger partial charge in [-0.3, -0.25) is 0 Å². The van der Waals surface area contributed by atoms with Crippen molar-refractivity contribution in [3.8, 4) is 5.75 Å². The van der Waals surface area contributed by atoms with E-state index >= 15 is 0 Å². The van der Waals surface area contributed by atoms with E-state index in [2.05, 4.69) is 5.32 Å². The Morgan fingerprint density at radius 2 is 2.12 bits per heavy atom.